The third-order valence-corrected chi connectivity index (χ3v) is 3.94. The van der Waals surface area contributed by atoms with E-state index in [2.05, 4.69) is 20.5 Å². The number of anilines is 1. The summed E-state index contributed by atoms with van der Waals surface area (Å²) < 4.78 is 37.4. The minimum atomic E-state index is -4.39. The summed E-state index contributed by atoms with van der Waals surface area (Å²) in [6.45, 7) is 3.60. The fourth-order valence-electron chi connectivity index (χ4n) is 1.69. The molecule has 1 aromatic carbocycles. The van der Waals surface area contributed by atoms with Crippen LogP contribution in [-0.2, 0) is 17.4 Å². The highest BCUT2D eigenvalue weighted by molar-refractivity contribution is 8.00. The van der Waals surface area contributed by atoms with Crippen LogP contribution < -0.4 is 5.32 Å². The predicted octanol–water partition coefficient (Wildman–Crippen LogP) is 3.51. The number of aromatic nitrogens is 3. The third-order valence-electron chi connectivity index (χ3n) is 2.98. The van der Waals surface area contributed by atoms with Gasteiger partial charge in [-0.25, -0.2) is 4.98 Å². The molecule has 0 fully saturated rings. The van der Waals surface area contributed by atoms with Gasteiger partial charge in [0.25, 0.3) is 0 Å². The number of aromatic amines is 1. The maximum Gasteiger partial charge on any atom is 0.416 e. The molecule has 2 N–H and O–H groups in total. The highest BCUT2D eigenvalue weighted by atomic mass is 32.2. The molecule has 9 heteroatoms. The molecule has 0 saturated carbocycles. The number of nitrogens with one attached hydrogen (secondary N) is 2. The number of H-pyrrole nitrogens is 1. The molecule has 2 rings (SSSR count). The molecule has 0 bridgehead atoms. The zero-order chi connectivity index (χ0) is 17.0. The summed E-state index contributed by atoms with van der Waals surface area (Å²) in [5, 5.41) is 9.26. The Bertz CT molecular complexity index is 669. The third kappa shape index (κ3) is 4.72. The van der Waals surface area contributed by atoms with Crippen LogP contribution in [0.2, 0.25) is 0 Å². The number of thioether (sulfide) groups is 1. The minimum absolute atomic E-state index is 0.305. The van der Waals surface area contributed by atoms with E-state index < -0.39 is 17.0 Å². The van der Waals surface area contributed by atoms with Crippen LogP contribution in [0, 0.1) is 0 Å². The van der Waals surface area contributed by atoms with Crippen molar-refractivity contribution in [1.29, 1.82) is 0 Å². The Kier molecular flexibility index (Phi) is 5.30. The number of carbonyl (C=O) groups excluding carboxylic acids is 1. The molecule has 0 radical (unpaired) electrons. The summed E-state index contributed by atoms with van der Waals surface area (Å²) >= 11 is 1.17. The molecule has 0 aliphatic rings. The van der Waals surface area contributed by atoms with Gasteiger partial charge < -0.3 is 5.32 Å². The number of amides is 1. The first-order valence-corrected chi connectivity index (χ1v) is 7.73. The highest BCUT2D eigenvalue weighted by Crippen LogP contribution is 2.30. The van der Waals surface area contributed by atoms with Gasteiger partial charge in [0, 0.05) is 12.1 Å². The molecule has 2 aromatic rings. The molecule has 0 aliphatic carbocycles. The Balaban J connectivity index is 1.95. The van der Waals surface area contributed by atoms with E-state index in [0.29, 0.717) is 17.3 Å². The second-order valence-electron chi connectivity index (χ2n) is 4.74. The summed E-state index contributed by atoms with van der Waals surface area (Å²) in [7, 11) is 0. The van der Waals surface area contributed by atoms with E-state index in [-0.39, 0.29) is 5.91 Å². The number of benzene rings is 1. The van der Waals surface area contributed by atoms with Crippen molar-refractivity contribution in [3.8, 4) is 0 Å². The van der Waals surface area contributed by atoms with Crippen LogP contribution in [0.1, 0.15) is 25.2 Å². The molecule has 1 heterocycles. The van der Waals surface area contributed by atoms with Gasteiger partial charge >= 0.3 is 6.18 Å². The Labute approximate surface area is 135 Å². The monoisotopic (exact) mass is 344 g/mol. The predicted molar refractivity (Wildman–Crippen MR) is 81.2 cm³/mol. The van der Waals surface area contributed by atoms with Crippen molar-refractivity contribution in [3.05, 3.63) is 35.7 Å². The number of alkyl halides is 3. The summed E-state index contributed by atoms with van der Waals surface area (Å²) in [5.74, 6) is 0.389. The van der Waals surface area contributed by atoms with Crippen LogP contribution >= 0.6 is 11.8 Å². The van der Waals surface area contributed by atoms with Gasteiger partial charge in [-0.1, -0.05) is 18.7 Å². The number of hydrogen-bond acceptors (Lipinski definition) is 4. The van der Waals surface area contributed by atoms with Crippen molar-refractivity contribution in [1.82, 2.24) is 15.2 Å². The normalized spacial score (nSPS) is 12.9. The average Bonchev–Trinajstić information content (AvgIpc) is 2.94. The van der Waals surface area contributed by atoms with Gasteiger partial charge in [0.2, 0.25) is 11.1 Å². The van der Waals surface area contributed by atoms with E-state index in [4.69, 9.17) is 0 Å². The lowest BCUT2D eigenvalue weighted by atomic mass is 10.2. The summed E-state index contributed by atoms with van der Waals surface area (Å²) in [6, 6.07) is 4.30. The van der Waals surface area contributed by atoms with Crippen molar-refractivity contribution in [2.24, 2.45) is 0 Å². The molecule has 1 aromatic heterocycles. The van der Waals surface area contributed by atoms with E-state index >= 15 is 0 Å². The van der Waals surface area contributed by atoms with Crippen molar-refractivity contribution in [3.63, 3.8) is 0 Å². The van der Waals surface area contributed by atoms with Gasteiger partial charge in [-0.2, -0.15) is 13.2 Å². The first-order chi connectivity index (χ1) is 10.8. The lowest BCUT2D eigenvalue weighted by Crippen LogP contribution is -2.22. The molecule has 5 nitrogen and oxygen atoms in total. The Morgan fingerprint density at radius 3 is 2.52 bits per heavy atom. The Morgan fingerprint density at radius 2 is 2.00 bits per heavy atom. The molecule has 0 aliphatic heterocycles. The van der Waals surface area contributed by atoms with Gasteiger partial charge in [-0.05, 0) is 31.2 Å². The van der Waals surface area contributed by atoms with Gasteiger partial charge in [-0.15, -0.1) is 5.10 Å². The van der Waals surface area contributed by atoms with Crippen LogP contribution in [0.3, 0.4) is 0 Å². The van der Waals surface area contributed by atoms with Gasteiger partial charge in [-0.3, -0.25) is 9.89 Å². The maximum absolute atomic E-state index is 12.5. The van der Waals surface area contributed by atoms with E-state index in [1.54, 1.807) is 6.92 Å². The van der Waals surface area contributed by atoms with Crippen LogP contribution in [-0.4, -0.2) is 26.3 Å². The summed E-state index contributed by atoms with van der Waals surface area (Å²) in [4.78, 5) is 16.2. The molecule has 1 amide bonds. The number of aryl methyl sites for hydroxylation is 1. The fourth-order valence-corrected chi connectivity index (χ4v) is 2.43. The molecule has 0 spiro atoms. The van der Waals surface area contributed by atoms with Crippen LogP contribution in [0.15, 0.2) is 29.4 Å². The van der Waals surface area contributed by atoms with Crippen molar-refractivity contribution >= 4 is 23.4 Å². The molecule has 1 unspecified atom stereocenters. The SMILES string of the molecule is CCc1nc(SC(C)C(=O)Nc2ccc(C(F)(F)F)cc2)n[nH]1. The Morgan fingerprint density at radius 1 is 1.35 bits per heavy atom. The number of rotatable bonds is 5. The smallest absolute Gasteiger partial charge is 0.325 e. The van der Waals surface area contributed by atoms with Crippen LogP contribution in [0.4, 0.5) is 18.9 Å². The van der Waals surface area contributed by atoms with E-state index in [9.17, 15) is 18.0 Å². The van der Waals surface area contributed by atoms with Gasteiger partial charge in [0.05, 0.1) is 10.8 Å². The summed E-state index contributed by atoms with van der Waals surface area (Å²) in [6.07, 6.45) is -3.69. The highest BCUT2D eigenvalue weighted by Gasteiger charge is 2.30. The van der Waals surface area contributed by atoms with Crippen LogP contribution in [0.5, 0.6) is 0 Å². The van der Waals surface area contributed by atoms with Crippen molar-refractivity contribution in [2.45, 2.75) is 36.9 Å². The van der Waals surface area contributed by atoms with E-state index in [0.717, 1.165) is 18.0 Å². The lowest BCUT2D eigenvalue weighted by molar-refractivity contribution is -0.137. The molecule has 23 heavy (non-hydrogen) atoms. The second-order valence-corrected chi connectivity index (χ2v) is 6.05. The number of nitrogens with zero attached hydrogens (tertiary/aromatic N) is 2. The Hall–Kier alpha value is -2.03. The largest absolute Gasteiger partial charge is 0.416 e. The second kappa shape index (κ2) is 7.03. The molecule has 0 saturated heterocycles. The first kappa shape index (κ1) is 17.3. The van der Waals surface area contributed by atoms with E-state index in [1.165, 1.54) is 23.9 Å². The standard InChI is InChI=1S/C14H15F3N4OS/c1-3-11-19-13(21-20-11)23-8(2)12(22)18-10-6-4-9(5-7-10)14(15,16)17/h4-8H,3H2,1-2H3,(H,18,22)(H,19,20,21). The first-order valence-electron chi connectivity index (χ1n) is 6.85. The maximum atomic E-state index is 12.5. The topological polar surface area (TPSA) is 70.7 Å². The lowest BCUT2D eigenvalue weighted by Gasteiger charge is -2.11. The zero-order valence-corrected chi connectivity index (χ0v) is 13.3. The van der Waals surface area contributed by atoms with Crippen molar-refractivity contribution in [2.75, 3.05) is 5.32 Å². The molecule has 1 atom stereocenters. The van der Waals surface area contributed by atoms with E-state index in [1.807, 2.05) is 6.92 Å². The minimum Gasteiger partial charge on any atom is -0.325 e. The molecule has 124 valence electrons. The number of carbonyl (C=O) groups is 1. The van der Waals surface area contributed by atoms with Gasteiger partial charge in [0.1, 0.15) is 5.82 Å². The van der Waals surface area contributed by atoms with Crippen molar-refractivity contribution < 1.29 is 18.0 Å². The average molecular weight is 344 g/mol. The van der Waals surface area contributed by atoms with Gasteiger partial charge in [0.15, 0.2) is 0 Å². The fraction of sp³-hybridized carbons (Fsp3) is 0.357. The van der Waals surface area contributed by atoms with Crippen LogP contribution in [0.25, 0.3) is 0 Å². The zero-order valence-electron chi connectivity index (χ0n) is 12.4. The summed E-state index contributed by atoms with van der Waals surface area (Å²) in [5.41, 5.74) is -0.453. The number of hydrogen-bond donors (Lipinski definition) is 2. The molecular formula is C14H15F3N4OS. The number of halogens is 3. The molecular weight excluding hydrogens is 329 g/mol. The quantitative estimate of drug-likeness (QED) is 0.815.